The third-order valence-corrected chi connectivity index (χ3v) is 3.74. The minimum Gasteiger partial charge on any atom is -0.399 e. The summed E-state index contributed by atoms with van der Waals surface area (Å²) in [5, 5.41) is 18.2. The molecule has 10 nitrogen and oxygen atoms in total. The fourth-order valence-electron chi connectivity index (χ4n) is 2.51. The number of carbonyl (C=O) groups excluding carboxylic acids is 1. The SMILES string of the molecule is CNC(=O)/C(=N\OC)c1c(C)cccc1CO\N=C(C)/C(=N\OC)C(/C)=N\OC. The van der Waals surface area contributed by atoms with E-state index in [0.717, 1.165) is 5.56 Å². The van der Waals surface area contributed by atoms with Crippen molar-refractivity contribution in [2.45, 2.75) is 27.4 Å². The van der Waals surface area contributed by atoms with Gasteiger partial charge in [-0.25, -0.2) is 0 Å². The molecule has 1 N–H and O–H groups in total. The van der Waals surface area contributed by atoms with Crippen molar-refractivity contribution in [1.29, 1.82) is 0 Å². The van der Waals surface area contributed by atoms with Crippen LogP contribution in [0.2, 0.25) is 0 Å². The Balaban J connectivity index is 3.17. The summed E-state index contributed by atoms with van der Waals surface area (Å²) < 4.78 is 0. The lowest BCUT2D eigenvalue weighted by molar-refractivity contribution is -0.114. The molecule has 1 aromatic rings. The lowest BCUT2D eigenvalue weighted by Crippen LogP contribution is -2.30. The molecule has 0 bridgehead atoms. The van der Waals surface area contributed by atoms with Gasteiger partial charge >= 0.3 is 0 Å². The number of benzene rings is 1. The van der Waals surface area contributed by atoms with Crippen molar-refractivity contribution in [3.8, 4) is 0 Å². The van der Waals surface area contributed by atoms with Gasteiger partial charge in [0.15, 0.2) is 11.4 Å². The van der Waals surface area contributed by atoms with Crippen LogP contribution in [0.15, 0.2) is 38.8 Å². The van der Waals surface area contributed by atoms with Crippen LogP contribution < -0.4 is 5.32 Å². The second kappa shape index (κ2) is 12.1. The smallest absolute Gasteiger partial charge is 0.273 e. The Morgan fingerprint density at radius 2 is 1.59 bits per heavy atom. The molecule has 1 aromatic carbocycles. The Morgan fingerprint density at radius 3 is 2.17 bits per heavy atom. The van der Waals surface area contributed by atoms with Crippen molar-refractivity contribution in [3.05, 3.63) is 34.9 Å². The number of aryl methyl sites for hydroxylation is 1. The number of nitrogens with zero attached hydrogens (tertiary/aromatic N) is 4. The summed E-state index contributed by atoms with van der Waals surface area (Å²) in [5.74, 6) is -0.372. The average Bonchev–Trinajstić information content (AvgIpc) is 2.70. The molecule has 0 aliphatic heterocycles. The maximum Gasteiger partial charge on any atom is 0.273 e. The van der Waals surface area contributed by atoms with E-state index < -0.39 is 0 Å². The number of oxime groups is 4. The minimum atomic E-state index is -0.372. The molecule has 0 heterocycles. The molecule has 0 fully saturated rings. The van der Waals surface area contributed by atoms with Gasteiger partial charge in [-0.3, -0.25) is 4.79 Å². The van der Waals surface area contributed by atoms with E-state index in [-0.39, 0.29) is 18.2 Å². The van der Waals surface area contributed by atoms with E-state index in [4.69, 9.17) is 19.4 Å². The van der Waals surface area contributed by atoms with E-state index in [9.17, 15) is 4.79 Å². The largest absolute Gasteiger partial charge is 0.399 e. The molecule has 1 rings (SSSR count). The van der Waals surface area contributed by atoms with Gasteiger partial charge in [0.05, 0.1) is 0 Å². The van der Waals surface area contributed by atoms with Gasteiger partial charge < -0.3 is 24.7 Å². The Bertz CT molecular complexity index is 830. The molecule has 1 amide bonds. The highest BCUT2D eigenvalue weighted by Crippen LogP contribution is 2.17. The summed E-state index contributed by atoms with van der Waals surface area (Å²) >= 11 is 0. The molecule has 0 unspecified atom stereocenters. The molecule has 0 atom stereocenters. The van der Waals surface area contributed by atoms with Crippen LogP contribution in [0.3, 0.4) is 0 Å². The summed E-state index contributed by atoms with van der Waals surface area (Å²) in [6.45, 7) is 5.37. The van der Waals surface area contributed by atoms with E-state index in [0.29, 0.717) is 28.3 Å². The molecule has 158 valence electrons. The topological polar surface area (TPSA) is 115 Å². The van der Waals surface area contributed by atoms with Crippen LogP contribution in [-0.2, 0) is 30.8 Å². The number of hydrogen-bond donors (Lipinski definition) is 1. The number of likely N-dealkylation sites (N-methyl/N-ethyl adjacent to an activating group) is 1. The summed E-state index contributed by atoms with van der Waals surface area (Å²) in [6, 6.07) is 5.55. The van der Waals surface area contributed by atoms with E-state index >= 15 is 0 Å². The van der Waals surface area contributed by atoms with Crippen LogP contribution in [0.25, 0.3) is 0 Å². The van der Waals surface area contributed by atoms with Crippen LogP contribution in [-0.4, -0.2) is 57.1 Å². The zero-order valence-corrected chi connectivity index (χ0v) is 17.8. The van der Waals surface area contributed by atoms with Crippen LogP contribution in [0.4, 0.5) is 0 Å². The molecular weight excluding hydrogens is 378 g/mol. The first-order valence-corrected chi connectivity index (χ1v) is 8.69. The second-order valence-electron chi connectivity index (χ2n) is 5.74. The van der Waals surface area contributed by atoms with E-state index in [1.807, 2.05) is 25.1 Å². The maximum absolute atomic E-state index is 12.2. The van der Waals surface area contributed by atoms with Crippen LogP contribution in [0.5, 0.6) is 0 Å². The first-order chi connectivity index (χ1) is 13.9. The molecule has 29 heavy (non-hydrogen) atoms. The van der Waals surface area contributed by atoms with Crippen LogP contribution in [0, 0.1) is 6.92 Å². The van der Waals surface area contributed by atoms with Gasteiger partial charge in [0.25, 0.3) is 5.91 Å². The lowest BCUT2D eigenvalue weighted by Gasteiger charge is -2.13. The van der Waals surface area contributed by atoms with Crippen molar-refractivity contribution in [2.24, 2.45) is 20.6 Å². The highest BCUT2D eigenvalue weighted by molar-refractivity contribution is 6.67. The second-order valence-corrected chi connectivity index (χ2v) is 5.74. The third kappa shape index (κ3) is 6.59. The molecular formula is C19H27N5O5. The zero-order valence-electron chi connectivity index (χ0n) is 17.8. The monoisotopic (exact) mass is 405 g/mol. The molecule has 10 heteroatoms. The zero-order chi connectivity index (χ0) is 21.8. The fraction of sp³-hybridized carbons (Fsp3) is 0.421. The minimum absolute atomic E-state index is 0.0921. The Kier molecular flexibility index (Phi) is 9.86. The van der Waals surface area contributed by atoms with E-state index in [1.165, 1.54) is 28.4 Å². The van der Waals surface area contributed by atoms with Gasteiger partial charge in [0, 0.05) is 18.2 Å². The molecule has 0 aliphatic carbocycles. The van der Waals surface area contributed by atoms with Crippen molar-refractivity contribution in [2.75, 3.05) is 28.4 Å². The summed E-state index contributed by atoms with van der Waals surface area (Å²) in [6.07, 6.45) is 0. The number of carbonyl (C=O) groups is 1. The normalized spacial score (nSPS) is 13.1. The highest BCUT2D eigenvalue weighted by atomic mass is 16.6. The van der Waals surface area contributed by atoms with Gasteiger partial charge in [0.1, 0.15) is 39.4 Å². The predicted molar refractivity (Wildman–Crippen MR) is 111 cm³/mol. The third-order valence-electron chi connectivity index (χ3n) is 3.74. The summed E-state index contributed by atoms with van der Waals surface area (Å²) in [5.41, 5.74) is 3.62. The van der Waals surface area contributed by atoms with E-state index in [1.54, 1.807) is 13.8 Å². The molecule has 0 aliphatic rings. The Hall–Kier alpha value is -3.43. The highest BCUT2D eigenvalue weighted by Gasteiger charge is 2.20. The van der Waals surface area contributed by atoms with Crippen molar-refractivity contribution in [3.63, 3.8) is 0 Å². The maximum atomic E-state index is 12.2. The summed E-state index contributed by atoms with van der Waals surface area (Å²) in [4.78, 5) is 32.2. The number of hydrogen-bond acceptors (Lipinski definition) is 9. The molecule has 0 radical (unpaired) electrons. The van der Waals surface area contributed by atoms with Gasteiger partial charge in [-0.1, -0.05) is 38.8 Å². The first-order valence-electron chi connectivity index (χ1n) is 8.69. The van der Waals surface area contributed by atoms with Gasteiger partial charge in [-0.15, -0.1) is 0 Å². The first kappa shape index (κ1) is 23.6. The van der Waals surface area contributed by atoms with Crippen LogP contribution in [0.1, 0.15) is 30.5 Å². The summed E-state index contributed by atoms with van der Waals surface area (Å²) in [7, 11) is 5.76. The number of rotatable bonds is 10. The lowest BCUT2D eigenvalue weighted by atomic mass is 9.97. The number of nitrogens with one attached hydrogen (secondary N) is 1. The molecule has 0 spiro atoms. The van der Waals surface area contributed by atoms with Gasteiger partial charge in [0.2, 0.25) is 0 Å². The number of amides is 1. The fourth-order valence-corrected chi connectivity index (χ4v) is 2.51. The molecule has 0 saturated heterocycles. The van der Waals surface area contributed by atoms with Crippen molar-refractivity contribution >= 4 is 28.8 Å². The van der Waals surface area contributed by atoms with E-state index in [2.05, 4.69) is 25.9 Å². The average molecular weight is 405 g/mol. The van der Waals surface area contributed by atoms with Crippen molar-refractivity contribution in [1.82, 2.24) is 5.32 Å². The quantitative estimate of drug-likeness (QED) is 0.472. The van der Waals surface area contributed by atoms with Gasteiger partial charge in [-0.2, -0.15) is 0 Å². The Labute approximate surface area is 170 Å². The molecule has 0 saturated carbocycles. The van der Waals surface area contributed by atoms with Crippen molar-refractivity contribution < 1.29 is 24.1 Å². The predicted octanol–water partition coefficient (Wildman–Crippen LogP) is 2.01. The standard InChI is InChI=1S/C19H27N5O5/c1-12-9-8-10-15(16(12)18(24-28-7)19(25)20-4)11-29-22-14(3)17(23-27-6)13(2)21-26-5/h8-10H,11H2,1-7H3,(H,20,25)/b21-13-,22-14-,23-17-,24-18-. The van der Waals surface area contributed by atoms with Crippen LogP contribution >= 0.6 is 0 Å². The Morgan fingerprint density at radius 1 is 0.966 bits per heavy atom. The molecule has 0 aromatic heterocycles. The van der Waals surface area contributed by atoms with Gasteiger partial charge in [-0.05, 0) is 26.3 Å².